The molecule has 7 heteroatoms. The van der Waals surface area contributed by atoms with E-state index in [0.29, 0.717) is 0 Å². The lowest BCUT2D eigenvalue weighted by molar-refractivity contribution is -0.120. The van der Waals surface area contributed by atoms with Crippen LogP contribution in [0.3, 0.4) is 0 Å². The van der Waals surface area contributed by atoms with Crippen LogP contribution in [0, 0.1) is 11.7 Å². The number of carbonyl (C=O) groups is 1. The summed E-state index contributed by atoms with van der Waals surface area (Å²) in [6, 6.07) is 18.1. The number of halogens is 1. The highest BCUT2D eigenvalue weighted by Crippen LogP contribution is 2.38. The Kier molecular flexibility index (Phi) is 5.34. The van der Waals surface area contributed by atoms with E-state index in [2.05, 4.69) is 20.2 Å². The van der Waals surface area contributed by atoms with E-state index in [1.807, 2.05) is 36.4 Å². The highest BCUT2D eigenvalue weighted by molar-refractivity contribution is 7.22. The number of amides is 1. The van der Waals surface area contributed by atoms with E-state index >= 15 is 0 Å². The Labute approximate surface area is 183 Å². The molecule has 1 aliphatic rings. The third-order valence-corrected chi connectivity index (χ3v) is 6.80. The van der Waals surface area contributed by atoms with E-state index in [1.165, 1.54) is 12.1 Å². The summed E-state index contributed by atoms with van der Waals surface area (Å²) in [5.74, 6) is 0.732. The van der Waals surface area contributed by atoms with Gasteiger partial charge in [0, 0.05) is 29.6 Å². The summed E-state index contributed by atoms with van der Waals surface area (Å²) in [4.78, 5) is 24.9. The van der Waals surface area contributed by atoms with E-state index in [9.17, 15) is 9.18 Å². The molecule has 4 aromatic rings. The van der Waals surface area contributed by atoms with Crippen molar-refractivity contribution >= 4 is 39.0 Å². The van der Waals surface area contributed by atoms with Gasteiger partial charge in [0.25, 0.3) is 0 Å². The quantitative estimate of drug-likeness (QED) is 0.472. The van der Waals surface area contributed by atoms with Crippen LogP contribution in [0.1, 0.15) is 12.8 Å². The molecular formula is C24H21FN4OS. The molecule has 1 saturated heterocycles. The molecule has 0 unspecified atom stereocenters. The van der Waals surface area contributed by atoms with Gasteiger partial charge in [-0.3, -0.25) is 4.79 Å². The van der Waals surface area contributed by atoms with Gasteiger partial charge in [-0.1, -0.05) is 30.3 Å². The van der Waals surface area contributed by atoms with Crippen LogP contribution in [0.5, 0.6) is 0 Å². The van der Waals surface area contributed by atoms with Crippen LogP contribution >= 0.6 is 11.3 Å². The molecule has 5 nitrogen and oxygen atoms in total. The fourth-order valence-electron chi connectivity index (χ4n) is 3.94. The van der Waals surface area contributed by atoms with Crippen molar-refractivity contribution in [3.05, 3.63) is 72.8 Å². The zero-order valence-electron chi connectivity index (χ0n) is 16.8. The topological polar surface area (TPSA) is 58.1 Å². The van der Waals surface area contributed by atoms with Gasteiger partial charge in [-0.15, -0.1) is 11.3 Å². The Balaban J connectivity index is 1.31. The first-order chi connectivity index (χ1) is 15.2. The van der Waals surface area contributed by atoms with Crippen LogP contribution in [0.25, 0.3) is 20.7 Å². The maximum Gasteiger partial charge on any atom is 0.227 e. The molecule has 0 atom stereocenters. The Morgan fingerprint density at radius 3 is 2.52 bits per heavy atom. The number of rotatable bonds is 4. The molecule has 2 aromatic carbocycles. The number of aromatic nitrogens is 2. The summed E-state index contributed by atoms with van der Waals surface area (Å²) in [5.41, 5.74) is 2.68. The molecule has 5 rings (SSSR count). The predicted octanol–water partition coefficient (Wildman–Crippen LogP) is 5.35. The van der Waals surface area contributed by atoms with Gasteiger partial charge in [-0.25, -0.2) is 14.4 Å². The van der Waals surface area contributed by atoms with E-state index in [0.717, 1.165) is 58.1 Å². The van der Waals surface area contributed by atoms with Crippen molar-refractivity contribution in [3.63, 3.8) is 0 Å². The summed E-state index contributed by atoms with van der Waals surface area (Å²) in [6.07, 6.45) is 3.15. The van der Waals surface area contributed by atoms with Crippen molar-refractivity contribution in [1.29, 1.82) is 0 Å². The standard InChI is InChI=1S/C24H21FN4OS/c25-18-8-6-16(7-9-18)21-14-20-22(31-21)23(27-15-26-20)29-12-10-17(11-13-29)24(30)28-19-4-2-1-3-5-19/h1-9,14-15,17H,10-13H2,(H,28,30). The second-order valence-electron chi connectivity index (χ2n) is 7.65. The van der Waals surface area contributed by atoms with Crippen molar-refractivity contribution in [2.24, 2.45) is 5.92 Å². The van der Waals surface area contributed by atoms with Crippen LogP contribution in [-0.4, -0.2) is 29.0 Å². The molecule has 1 fully saturated rings. The lowest BCUT2D eigenvalue weighted by Gasteiger charge is -2.32. The molecule has 31 heavy (non-hydrogen) atoms. The second-order valence-corrected chi connectivity index (χ2v) is 8.70. The molecule has 1 amide bonds. The number of nitrogens with one attached hydrogen (secondary N) is 1. The highest BCUT2D eigenvalue weighted by atomic mass is 32.1. The Morgan fingerprint density at radius 1 is 1.03 bits per heavy atom. The number of carbonyl (C=O) groups excluding carboxylic acids is 1. The monoisotopic (exact) mass is 432 g/mol. The Bertz CT molecular complexity index is 1200. The summed E-state index contributed by atoms with van der Waals surface area (Å²) in [5, 5.41) is 3.01. The first-order valence-electron chi connectivity index (χ1n) is 10.3. The van der Waals surface area contributed by atoms with Crippen molar-refractivity contribution in [3.8, 4) is 10.4 Å². The van der Waals surface area contributed by atoms with Gasteiger partial charge in [0.1, 0.15) is 18.0 Å². The smallest absolute Gasteiger partial charge is 0.227 e. The van der Waals surface area contributed by atoms with Crippen LogP contribution in [0.15, 0.2) is 67.0 Å². The molecule has 3 heterocycles. The van der Waals surface area contributed by atoms with E-state index in [1.54, 1.807) is 29.8 Å². The van der Waals surface area contributed by atoms with Gasteiger partial charge >= 0.3 is 0 Å². The van der Waals surface area contributed by atoms with Gasteiger partial charge in [0.2, 0.25) is 5.91 Å². The lowest BCUT2D eigenvalue weighted by atomic mass is 9.96. The molecule has 1 N–H and O–H groups in total. The fourth-order valence-corrected chi connectivity index (χ4v) is 5.08. The maximum absolute atomic E-state index is 13.3. The largest absolute Gasteiger partial charge is 0.355 e. The van der Waals surface area contributed by atoms with Gasteiger partial charge in [0.05, 0.1) is 10.2 Å². The third kappa shape index (κ3) is 4.14. The van der Waals surface area contributed by atoms with Crippen molar-refractivity contribution in [2.45, 2.75) is 12.8 Å². The van der Waals surface area contributed by atoms with Gasteiger partial charge in [-0.05, 0) is 48.7 Å². The Morgan fingerprint density at radius 2 is 1.77 bits per heavy atom. The number of hydrogen-bond acceptors (Lipinski definition) is 5. The molecule has 0 aliphatic carbocycles. The lowest BCUT2D eigenvalue weighted by Crippen LogP contribution is -2.38. The fraction of sp³-hybridized carbons (Fsp3) is 0.208. The van der Waals surface area contributed by atoms with Crippen molar-refractivity contribution in [1.82, 2.24) is 9.97 Å². The number of para-hydroxylation sites is 1. The summed E-state index contributed by atoms with van der Waals surface area (Å²) in [7, 11) is 0. The number of nitrogens with zero attached hydrogens (tertiary/aromatic N) is 3. The van der Waals surface area contributed by atoms with E-state index in [4.69, 9.17) is 0 Å². The second kappa shape index (κ2) is 8.43. The van der Waals surface area contributed by atoms with Gasteiger partial charge in [-0.2, -0.15) is 0 Å². The van der Waals surface area contributed by atoms with E-state index < -0.39 is 0 Å². The molecule has 156 valence electrons. The number of benzene rings is 2. The number of fused-ring (bicyclic) bond motifs is 1. The number of piperidine rings is 1. The number of hydrogen-bond donors (Lipinski definition) is 1. The molecule has 0 spiro atoms. The first kappa shape index (κ1) is 19.6. The average molecular weight is 433 g/mol. The molecule has 1 aliphatic heterocycles. The molecule has 0 bridgehead atoms. The minimum atomic E-state index is -0.246. The van der Waals surface area contributed by atoms with Crippen LogP contribution in [0.2, 0.25) is 0 Å². The molecule has 0 radical (unpaired) electrons. The van der Waals surface area contributed by atoms with Crippen molar-refractivity contribution < 1.29 is 9.18 Å². The van der Waals surface area contributed by atoms with Crippen molar-refractivity contribution in [2.75, 3.05) is 23.3 Å². The average Bonchev–Trinajstić information content (AvgIpc) is 3.25. The predicted molar refractivity (Wildman–Crippen MR) is 123 cm³/mol. The maximum atomic E-state index is 13.3. The normalized spacial score (nSPS) is 14.7. The molecule has 2 aromatic heterocycles. The molecule has 0 saturated carbocycles. The van der Waals surface area contributed by atoms with Crippen LogP contribution in [-0.2, 0) is 4.79 Å². The number of anilines is 2. The summed E-state index contributed by atoms with van der Waals surface area (Å²) >= 11 is 1.62. The zero-order chi connectivity index (χ0) is 21.2. The van der Waals surface area contributed by atoms with Gasteiger partial charge in [0.15, 0.2) is 0 Å². The minimum absolute atomic E-state index is 0.00750. The molecular weight excluding hydrogens is 411 g/mol. The van der Waals surface area contributed by atoms with Crippen LogP contribution < -0.4 is 10.2 Å². The van der Waals surface area contributed by atoms with Crippen LogP contribution in [0.4, 0.5) is 15.9 Å². The first-order valence-corrected chi connectivity index (χ1v) is 11.1. The SMILES string of the molecule is O=C(Nc1ccccc1)C1CCN(c2ncnc3cc(-c4ccc(F)cc4)sc23)CC1. The minimum Gasteiger partial charge on any atom is -0.355 e. The highest BCUT2D eigenvalue weighted by Gasteiger charge is 2.27. The Hall–Kier alpha value is -3.32. The van der Waals surface area contributed by atoms with E-state index in [-0.39, 0.29) is 17.6 Å². The number of thiophene rings is 1. The summed E-state index contributed by atoms with van der Waals surface area (Å²) < 4.78 is 14.3. The zero-order valence-corrected chi connectivity index (χ0v) is 17.6. The third-order valence-electron chi connectivity index (χ3n) is 5.63. The summed E-state index contributed by atoms with van der Waals surface area (Å²) in [6.45, 7) is 1.53. The van der Waals surface area contributed by atoms with Gasteiger partial charge < -0.3 is 10.2 Å².